The van der Waals surface area contributed by atoms with Gasteiger partial charge in [0.05, 0.1) is 0 Å². The average molecular weight is 367 g/mol. The second kappa shape index (κ2) is 7.97. The summed E-state index contributed by atoms with van der Waals surface area (Å²) in [5.41, 5.74) is 4.03. The molecule has 0 bridgehead atoms. The lowest BCUT2D eigenvalue weighted by atomic mass is 10.1. The van der Waals surface area contributed by atoms with Gasteiger partial charge in [0.2, 0.25) is 5.95 Å². The van der Waals surface area contributed by atoms with Crippen LogP contribution in [0.2, 0.25) is 5.02 Å². The molecule has 0 fully saturated rings. The second-order valence-electron chi connectivity index (χ2n) is 5.81. The van der Waals surface area contributed by atoms with Gasteiger partial charge < -0.3 is 10.6 Å². The van der Waals surface area contributed by atoms with Crippen molar-refractivity contribution < 1.29 is 4.79 Å². The van der Waals surface area contributed by atoms with Gasteiger partial charge in [-0.1, -0.05) is 36.7 Å². The summed E-state index contributed by atoms with van der Waals surface area (Å²) in [6.07, 6.45) is 2.39. The molecule has 3 aromatic rings. The zero-order valence-corrected chi connectivity index (χ0v) is 15.3. The lowest BCUT2D eigenvalue weighted by molar-refractivity contribution is 0.102. The molecule has 1 aromatic heterocycles. The van der Waals surface area contributed by atoms with Crippen molar-refractivity contribution in [3.8, 4) is 0 Å². The van der Waals surface area contributed by atoms with Gasteiger partial charge in [-0.3, -0.25) is 4.79 Å². The molecule has 3 rings (SSSR count). The highest BCUT2D eigenvalue weighted by molar-refractivity contribution is 6.30. The van der Waals surface area contributed by atoms with Crippen LogP contribution in [-0.4, -0.2) is 15.9 Å². The first-order valence-corrected chi connectivity index (χ1v) is 8.70. The molecule has 0 radical (unpaired) electrons. The number of halogens is 1. The molecule has 0 saturated carbocycles. The Labute approximate surface area is 157 Å². The van der Waals surface area contributed by atoms with Gasteiger partial charge in [-0.15, -0.1) is 0 Å². The summed E-state index contributed by atoms with van der Waals surface area (Å²) in [6.45, 7) is 4.03. The molecule has 1 amide bonds. The molecule has 6 heteroatoms. The molecule has 0 aliphatic heterocycles. The predicted molar refractivity (Wildman–Crippen MR) is 105 cm³/mol. The summed E-state index contributed by atoms with van der Waals surface area (Å²) >= 11 is 5.88. The highest BCUT2D eigenvalue weighted by Crippen LogP contribution is 2.22. The first-order chi connectivity index (χ1) is 12.6. The van der Waals surface area contributed by atoms with E-state index in [1.165, 1.54) is 0 Å². The number of benzene rings is 2. The minimum Gasteiger partial charge on any atom is -0.324 e. The number of amides is 1. The van der Waals surface area contributed by atoms with Crippen molar-refractivity contribution in [2.45, 2.75) is 20.3 Å². The maximum absolute atomic E-state index is 12.6. The topological polar surface area (TPSA) is 66.9 Å². The van der Waals surface area contributed by atoms with Crippen LogP contribution < -0.4 is 10.6 Å². The molecule has 132 valence electrons. The Hall–Kier alpha value is -2.92. The van der Waals surface area contributed by atoms with Crippen molar-refractivity contribution in [3.05, 3.63) is 76.6 Å². The van der Waals surface area contributed by atoms with Crippen molar-refractivity contribution in [3.63, 3.8) is 0 Å². The Morgan fingerprint density at radius 2 is 1.88 bits per heavy atom. The molecule has 0 unspecified atom stereocenters. The van der Waals surface area contributed by atoms with Crippen LogP contribution in [-0.2, 0) is 6.42 Å². The fourth-order valence-electron chi connectivity index (χ4n) is 2.59. The van der Waals surface area contributed by atoms with Gasteiger partial charge in [0.15, 0.2) is 0 Å². The number of carbonyl (C=O) groups excluding carboxylic acids is 1. The van der Waals surface area contributed by atoms with Crippen LogP contribution in [0.1, 0.15) is 28.5 Å². The Morgan fingerprint density at radius 3 is 2.62 bits per heavy atom. The van der Waals surface area contributed by atoms with Gasteiger partial charge in [-0.25, -0.2) is 9.97 Å². The third-order valence-corrected chi connectivity index (χ3v) is 4.22. The van der Waals surface area contributed by atoms with E-state index in [9.17, 15) is 4.79 Å². The Bertz CT molecular complexity index is 925. The van der Waals surface area contributed by atoms with Crippen LogP contribution in [0, 0.1) is 6.92 Å². The quantitative estimate of drug-likeness (QED) is 0.667. The highest BCUT2D eigenvalue weighted by atomic mass is 35.5. The number of hydrogen-bond acceptors (Lipinski definition) is 4. The second-order valence-corrected chi connectivity index (χ2v) is 6.25. The van der Waals surface area contributed by atoms with E-state index in [4.69, 9.17) is 11.6 Å². The summed E-state index contributed by atoms with van der Waals surface area (Å²) in [5.74, 6) is 0.0797. The van der Waals surface area contributed by atoms with Gasteiger partial charge in [0.1, 0.15) is 5.69 Å². The fourth-order valence-corrected chi connectivity index (χ4v) is 2.71. The van der Waals surface area contributed by atoms with Crippen molar-refractivity contribution >= 4 is 34.8 Å². The third-order valence-electron chi connectivity index (χ3n) is 3.97. The number of carbonyl (C=O) groups is 1. The van der Waals surface area contributed by atoms with E-state index in [0.29, 0.717) is 16.7 Å². The van der Waals surface area contributed by atoms with Crippen LogP contribution in [0.3, 0.4) is 0 Å². The summed E-state index contributed by atoms with van der Waals surface area (Å²) in [5, 5.41) is 6.68. The number of hydrogen-bond donors (Lipinski definition) is 2. The van der Waals surface area contributed by atoms with Gasteiger partial charge in [-0.05, 0) is 54.8 Å². The molecule has 2 N–H and O–H groups in total. The monoisotopic (exact) mass is 366 g/mol. The van der Waals surface area contributed by atoms with Crippen LogP contribution >= 0.6 is 11.6 Å². The van der Waals surface area contributed by atoms with Crippen molar-refractivity contribution in [2.24, 2.45) is 0 Å². The number of para-hydroxylation sites is 1. The Morgan fingerprint density at radius 1 is 1.12 bits per heavy atom. The standard InChI is InChI=1S/C20H19ClN4O/c1-3-14-6-4-5-13(2)18(14)25-19(26)17-11-12-22-20(24-17)23-16-9-7-15(21)8-10-16/h4-12H,3H2,1-2H3,(H,25,26)(H,22,23,24). The molecular weight excluding hydrogens is 348 g/mol. The summed E-state index contributed by atoms with van der Waals surface area (Å²) in [4.78, 5) is 21.1. The zero-order valence-electron chi connectivity index (χ0n) is 14.6. The normalized spacial score (nSPS) is 10.4. The first kappa shape index (κ1) is 17.9. The maximum atomic E-state index is 12.6. The minimum absolute atomic E-state index is 0.268. The maximum Gasteiger partial charge on any atom is 0.274 e. The van der Waals surface area contributed by atoms with Gasteiger partial charge in [-0.2, -0.15) is 0 Å². The van der Waals surface area contributed by atoms with Crippen LogP contribution in [0.5, 0.6) is 0 Å². The lowest BCUT2D eigenvalue weighted by Crippen LogP contribution is -2.16. The van der Waals surface area contributed by atoms with Crippen molar-refractivity contribution in [2.75, 3.05) is 10.6 Å². The molecule has 5 nitrogen and oxygen atoms in total. The van der Waals surface area contributed by atoms with E-state index in [-0.39, 0.29) is 5.91 Å². The fraction of sp³-hybridized carbons (Fsp3) is 0.150. The van der Waals surface area contributed by atoms with E-state index in [1.54, 1.807) is 24.4 Å². The van der Waals surface area contributed by atoms with E-state index in [0.717, 1.165) is 28.9 Å². The zero-order chi connectivity index (χ0) is 18.5. The number of nitrogens with zero attached hydrogens (tertiary/aromatic N) is 2. The summed E-state index contributed by atoms with van der Waals surface area (Å²) in [7, 11) is 0. The van der Waals surface area contributed by atoms with Gasteiger partial charge in [0.25, 0.3) is 5.91 Å². The van der Waals surface area contributed by atoms with Crippen LogP contribution in [0.4, 0.5) is 17.3 Å². The first-order valence-electron chi connectivity index (χ1n) is 8.32. The Kier molecular flexibility index (Phi) is 5.49. The molecule has 0 atom stereocenters. The smallest absolute Gasteiger partial charge is 0.274 e. The molecule has 0 saturated heterocycles. The van der Waals surface area contributed by atoms with Gasteiger partial charge in [0, 0.05) is 22.6 Å². The molecule has 0 aliphatic rings. The van der Waals surface area contributed by atoms with E-state index in [1.807, 2.05) is 37.3 Å². The summed E-state index contributed by atoms with van der Waals surface area (Å²) < 4.78 is 0. The molecule has 2 aromatic carbocycles. The third kappa shape index (κ3) is 4.18. The van der Waals surface area contributed by atoms with Crippen LogP contribution in [0.15, 0.2) is 54.7 Å². The predicted octanol–water partition coefficient (Wildman–Crippen LogP) is 5.00. The molecular formula is C20H19ClN4O. The molecule has 1 heterocycles. The van der Waals surface area contributed by atoms with Crippen molar-refractivity contribution in [1.29, 1.82) is 0 Å². The minimum atomic E-state index is -0.268. The molecule has 0 spiro atoms. The van der Waals surface area contributed by atoms with Crippen molar-refractivity contribution in [1.82, 2.24) is 9.97 Å². The van der Waals surface area contributed by atoms with Crippen LogP contribution in [0.25, 0.3) is 0 Å². The van der Waals surface area contributed by atoms with Gasteiger partial charge >= 0.3 is 0 Å². The molecule has 0 aliphatic carbocycles. The number of nitrogens with one attached hydrogen (secondary N) is 2. The molecule has 26 heavy (non-hydrogen) atoms. The number of anilines is 3. The largest absolute Gasteiger partial charge is 0.324 e. The number of rotatable bonds is 5. The lowest BCUT2D eigenvalue weighted by Gasteiger charge is -2.13. The van der Waals surface area contributed by atoms with E-state index >= 15 is 0 Å². The Balaban J connectivity index is 1.79. The SMILES string of the molecule is CCc1cccc(C)c1NC(=O)c1ccnc(Nc2ccc(Cl)cc2)n1. The highest BCUT2D eigenvalue weighted by Gasteiger charge is 2.13. The van der Waals surface area contributed by atoms with E-state index < -0.39 is 0 Å². The number of aryl methyl sites for hydroxylation is 2. The van der Waals surface area contributed by atoms with E-state index in [2.05, 4.69) is 27.5 Å². The summed E-state index contributed by atoms with van der Waals surface area (Å²) in [6, 6.07) is 14.7. The average Bonchev–Trinajstić information content (AvgIpc) is 2.65. The number of aromatic nitrogens is 2.